The highest BCUT2D eigenvalue weighted by atomic mass is 32.1. The molecule has 2 heterocycles. The number of hydrogen-bond acceptors (Lipinski definition) is 3. The van der Waals surface area contributed by atoms with Crippen LogP contribution in [-0.2, 0) is 0 Å². The minimum atomic E-state index is 0.891. The lowest BCUT2D eigenvalue weighted by Gasteiger charge is -2.26. The van der Waals surface area contributed by atoms with Crippen molar-refractivity contribution in [1.29, 1.82) is 0 Å². The van der Waals surface area contributed by atoms with Crippen molar-refractivity contribution in [3.05, 3.63) is 224 Å². The van der Waals surface area contributed by atoms with Crippen molar-refractivity contribution in [1.82, 2.24) is 0 Å². The van der Waals surface area contributed by atoms with Crippen LogP contribution in [0, 0.1) is 0 Å². The van der Waals surface area contributed by atoms with Gasteiger partial charge in [0.2, 0.25) is 0 Å². The Hall–Kier alpha value is -7.98. The zero-order valence-corrected chi connectivity index (χ0v) is 34.9. The van der Waals surface area contributed by atoms with Gasteiger partial charge in [0.1, 0.15) is 11.2 Å². The van der Waals surface area contributed by atoms with E-state index in [9.17, 15) is 0 Å². The van der Waals surface area contributed by atoms with E-state index in [1.807, 2.05) is 11.3 Å². The van der Waals surface area contributed by atoms with Gasteiger partial charge in [-0.05, 0) is 133 Å². The first-order chi connectivity index (χ1) is 31.2. The first kappa shape index (κ1) is 35.7. The molecule has 294 valence electrons. The summed E-state index contributed by atoms with van der Waals surface area (Å²) in [5, 5.41) is 12.2. The number of fused-ring (bicyclic) bond motifs is 11. The fourth-order valence-electron chi connectivity index (χ4n) is 9.85. The molecule has 0 amide bonds. The van der Waals surface area contributed by atoms with Crippen LogP contribution in [0.5, 0.6) is 0 Å². The summed E-state index contributed by atoms with van der Waals surface area (Å²) < 4.78 is 9.26. The lowest BCUT2D eigenvalue weighted by atomic mass is 9.93. The molecule has 0 bridgehead atoms. The van der Waals surface area contributed by atoms with Gasteiger partial charge < -0.3 is 9.32 Å². The summed E-state index contributed by atoms with van der Waals surface area (Å²) in [6.07, 6.45) is 0. The van der Waals surface area contributed by atoms with Gasteiger partial charge in [-0.1, -0.05) is 152 Å². The molecule has 13 rings (SSSR count). The second kappa shape index (κ2) is 14.3. The molecule has 0 aliphatic rings. The molecule has 63 heavy (non-hydrogen) atoms. The predicted molar refractivity (Wildman–Crippen MR) is 270 cm³/mol. The van der Waals surface area contributed by atoms with Gasteiger partial charge in [-0.15, -0.1) is 11.3 Å². The van der Waals surface area contributed by atoms with Crippen molar-refractivity contribution < 1.29 is 4.42 Å². The Bertz CT molecular complexity index is 3910. The van der Waals surface area contributed by atoms with E-state index in [1.54, 1.807) is 0 Å². The fraction of sp³-hybridized carbons (Fsp3) is 0. The van der Waals surface area contributed by atoms with Gasteiger partial charge in [0.15, 0.2) is 0 Å². The Kier molecular flexibility index (Phi) is 8.12. The third-order valence-electron chi connectivity index (χ3n) is 12.8. The molecule has 0 aliphatic carbocycles. The first-order valence-electron chi connectivity index (χ1n) is 21.5. The number of nitrogens with zero attached hydrogens (tertiary/aromatic N) is 1. The van der Waals surface area contributed by atoms with Crippen LogP contribution >= 0.6 is 11.3 Å². The smallest absolute Gasteiger partial charge is 0.143 e. The number of anilines is 3. The third-order valence-corrected chi connectivity index (χ3v) is 14.0. The van der Waals surface area contributed by atoms with E-state index in [-0.39, 0.29) is 0 Å². The molecule has 3 heteroatoms. The van der Waals surface area contributed by atoms with E-state index in [4.69, 9.17) is 4.42 Å². The van der Waals surface area contributed by atoms with Crippen molar-refractivity contribution in [2.75, 3.05) is 4.90 Å². The Morgan fingerprint density at radius 3 is 1.79 bits per heavy atom. The summed E-state index contributed by atoms with van der Waals surface area (Å²) in [6.45, 7) is 0. The lowest BCUT2D eigenvalue weighted by Crippen LogP contribution is -2.10. The molecule has 0 spiro atoms. The van der Waals surface area contributed by atoms with Crippen molar-refractivity contribution >= 4 is 103 Å². The van der Waals surface area contributed by atoms with Crippen LogP contribution in [0.25, 0.3) is 108 Å². The maximum Gasteiger partial charge on any atom is 0.143 e. The minimum Gasteiger partial charge on any atom is -0.455 e. The summed E-state index contributed by atoms with van der Waals surface area (Å²) in [6, 6.07) is 81.8. The fourth-order valence-corrected chi connectivity index (χ4v) is 10.9. The van der Waals surface area contributed by atoms with Crippen LogP contribution in [0.4, 0.5) is 17.1 Å². The van der Waals surface area contributed by atoms with Crippen molar-refractivity contribution in [3.8, 4) is 33.4 Å². The van der Waals surface area contributed by atoms with E-state index >= 15 is 0 Å². The summed E-state index contributed by atoms with van der Waals surface area (Å²) >= 11 is 1.86. The molecule has 0 saturated carbocycles. The Balaban J connectivity index is 0.947. The van der Waals surface area contributed by atoms with Gasteiger partial charge in [0.25, 0.3) is 0 Å². The molecule has 0 atom stereocenters. The molecular formula is C60H37NOS. The van der Waals surface area contributed by atoms with Gasteiger partial charge in [-0.2, -0.15) is 0 Å². The van der Waals surface area contributed by atoms with E-state index in [2.05, 4.69) is 229 Å². The van der Waals surface area contributed by atoms with E-state index in [0.29, 0.717) is 0 Å². The molecule has 11 aromatic carbocycles. The standard InChI is InChI=1S/C60H37NOS/c1-4-16-49-39(11-1)27-33-53-59-48(20-10-21-56(59)62-60(49)53)42-13-9-14-46(35-42)61(44-29-23-38(24-30-44)41-28-34-58-55(36-41)52-19-7-8-22-57(52)63-58)45-31-25-40(26-32-45)54-37-43-12-2-3-15-47(43)50-17-5-6-18-51(50)54/h1-37H. The van der Waals surface area contributed by atoms with Crippen LogP contribution in [0.15, 0.2) is 229 Å². The SMILES string of the molecule is c1cc(-c2cccc3oc4c5ccccc5ccc4c23)cc(N(c2ccc(-c3ccc4sc5ccccc5c4c3)cc2)c2ccc(-c3cc4ccccc4c4ccccc34)cc2)c1. The number of benzene rings is 11. The maximum absolute atomic E-state index is 6.62. The average Bonchev–Trinajstić information content (AvgIpc) is 3.93. The largest absolute Gasteiger partial charge is 0.455 e. The second-order valence-electron chi connectivity index (χ2n) is 16.4. The van der Waals surface area contributed by atoms with Gasteiger partial charge in [0.05, 0.1) is 0 Å². The number of hydrogen-bond donors (Lipinski definition) is 0. The predicted octanol–water partition coefficient (Wildman–Crippen LogP) is 17.9. The zero-order valence-electron chi connectivity index (χ0n) is 34.1. The first-order valence-corrected chi connectivity index (χ1v) is 22.3. The maximum atomic E-state index is 6.62. The molecule has 0 fully saturated rings. The van der Waals surface area contributed by atoms with Crippen molar-refractivity contribution in [2.45, 2.75) is 0 Å². The quantitative estimate of drug-likeness (QED) is 0.155. The highest BCUT2D eigenvalue weighted by molar-refractivity contribution is 7.25. The van der Waals surface area contributed by atoms with Gasteiger partial charge in [0, 0.05) is 53.4 Å². The Morgan fingerprint density at radius 1 is 0.317 bits per heavy atom. The number of thiophene rings is 1. The van der Waals surface area contributed by atoms with E-state index in [0.717, 1.165) is 55.5 Å². The Morgan fingerprint density at radius 2 is 0.968 bits per heavy atom. The van der Waals surface area contributed by atoms with Gasteiger partial charge in [-0.3, -0.25) is 0 Å². The van der Waals surface area contributed by atoms with Crippen molar-refractivity contribution in [2.24, 2.45) is 0 Å². The number of furan rings is 1. The highest BCUT2D eigenvalue weighted by Gasteiger charge is 2.19. The van der Waals surface area contributed by atoms with E-state index < -0.39 is 0 Å². The summed E-state index contributed by atoms with van der Waals surface area (Å²) in [5.74, 6) is 0. The average molecular weight is 820 g/mol. The van der Waals surface area contributed by atoms with Crippen LogP contribution < -0.4 is 4.90 Å². The monoisotopic (exact) mass is 819 g/mol. The molecule has 0 aliphatic heterocycles. The van der Waals surface area contributed by atoms with Crippen LogP contribution in [0.3, 0.4) is 0 Å². The zero-order chi connectivity index (χ0) is 41.4. The van der Waals surface area contributed by atoms with Gasteiger partial charge >= 0.3 is 0 Å². The summed E-state index contributed by atoms with van der Waals surface area (Å²) in [7, 11) is 0. The summed E-state index contributed by atoms with van der Waals surface area (Å²) in [4.78, 5) is 2.38. The van der Waals surface area contributed by atoms with Crippen molar-refractivity contribution in [3.63, 3.8) is 0 Å². The van der Waals surface area contributed by atoms with Crippen LogP contribution in [0.2, 0.25) is 0 Å². The van der Waals surface area contributed by atoms with E-state index in [1.165, 1.54) is 69.4 Å². The molecular weight excluding hydrogens is 783 g/mol. The normalized spacial score (nSPS) is 11.8. The number of rotatable bonds is 6. The molecule has 0 N–H and O–H groups in total. The lowest BCUT2D eigenvalue weighted by molar-refractivity contribution is 0.673. The highest BCUT2D eigenvalue weighted by Crippen LogP contribution is 2.44. The molecule has 0 unspecified atom stereocenters. The molecule has 2 nitrogen and oxygen atoms in total. The second-order valence-corrected chi connectivity index (χ2v) is 17.5. The molecule has 0 saturated heterocycles. The third kappa shape index (κ3) is 5.85. The van der Waals surface area contributed by atoms with Crippen LogP contribution in [0.1, 0.15) is 0 Å². The molecule has 13 aromatic rings. The summed E-state index contributed by atoms with van der Waals surface area (Å²) in [5.41, 5.74) is 12.2. The minimum absolute atomic E-state index is 0.891. The topological polar surface area (TPSA) is 16.4 Å². The Labute approximate surface area is 368 Å². The molecule has 0 radical (unpaired) electrons. The van der Waals surface area contributed by atoms with Gasteiger partial charge in [-0.25, -0.2) is 0 Å². The van der Waals surface area contributed by atoms with Crippen LogP contribution in [-0.4, -0.2) is 0 Å². The molecule has 2 aromatic heterocycles.